The molecule has 0 saturated heterocycles. The molecule has 5 nitrogen and oxygen atoms in total. The van der Waals surface area contributed by atoms with Gasteiger partial charge < -0.3 is 4.74 Å². The van der Waals surface area contributed by atoms with Crippen LogP contribution in [-0.4, -0.2) is 15.6 Å². The van der Waals surface area contributed by atoms with Crippen molar-refractivity contribution in [2.45, 2.75) is 137 Å². The lowest BCUT2D eigenvalue weighted by Crippen LogP contribution is -2.33. The normalized spacial score (nSPS) is 15.6. The summed E-state index contributed by atoms with van der Waals surface area (Å²) in [6.07, 6.45) is 3.93. The fourth-order valence-corrected chi connectivity index (χ4v) is 12.1. The summed E-state index contributed by atoms with van der Waals surface area (Å²) >= 11 is 0. The van der Waals surface area contributed by atoms with Crippen molar-refractivity contribution < 1.29 is 8.85 Å². The molecule has 80 heavy (non-hydrogen) atoms. The smallest absolute Gasteiger partial charge is 0.457 e. The van der Waals surface area contributed by atoms with E-state index in [2.05, 4.69) is 261 Å². The third-order valence-corrected chi connectivity index (χ3v) is 17.1. The Labute approximate surface area is 478 Å². The first-order valence-electron chi connectivity index (χ1n) is 30.0. The lowest BCUT2D eigenvalue weighted by atomic mass is 9.63. The van der Waals surface area contributed by atoms with Crippen LogP contribution in [-0.2, 0) is 27.1 Å². The number of ether oxygens (including phenoxy) is 1. The summed E-state index contributed by atoms with van der Waals surface area (Å²) in [5.41, 5.74) is 18.1. The fourth-order valence-electron chi connectivity index (χ4n) is 12.1. The zero-order valence-corrected chi connectivity index (χ0v) is 48.9. The maximum Gasteiger partial charge on any atom is 0.503 e. The average Bonchev–Trinajstić information content (AvgIpc) is 4.25. The van der Waals surface area contributed by atoms with Gasteiger partial charge in [0, 0.05) is 50.9 Å². The standard InChI is InChI=1S/C75H76N4O/c1-48-38-69(76-46-62(48)50-30-35-63-64(41-50)75(13,14)37-36-74(63,11)12)79-67-43-52(71(2,3)4)31-33-60(67)61-34-32-57(45-68(61)79)80-56-25-20-24-55(44-56)77-47-78(66-29-19-18-28-65(66)77)70-58(49-22-16-15-17-23-49)26-21-27-59(70)51-39-53(72(5,6)7)42-54(40-51)73(8,9)10/h15-35,38-46H,36-37H2,1-14H3/q+2/i1D3. The van der Waals surface area contributed by atoms with E-state index in [0.717, 1.165) is 90.8 Å². The quantitative estimate of drug-likeness (QED) is 0.142. The van der Waals surface area contributed by atoms with E-state index in [1.165, 1.54) is 22.3 Å². The van der Waals surface area contributed by atoms with E-state index in [9.17, 15) is 0 Å². The molecule has 400 valence electrons. The van der Waals surface area contributed by atoms with Gasteiger partial charge in [-0.3, -0.25) is 4.57 Å². The van der Waals surface area contributed by atoms with Crippen LogP contribution < -0.4 is 13.9 Å². The molecule has 0 N–H and O–H groups in total. The molecule has 5 heteroatoms. The Morgan fingerprint density at radius 3 is 1.77 bits per heavy atom. The van der Waals surface area contributed by atoms with E-state index in [0.29, 0.717) is 22.9 Å². The van der Waals surface area contributed by atoms with Gasteiger partial charge >= 0.3 is 6.01 Å². The van der Waals surface area contributed by atoms with Gasteiger partial charge in [0.15, 0.2) is 0 Å². The van der Waals surface area contributed by atoms with Crippen molar-refractivity contribution in [3.8, 4) is 50.7 Å². The number of hydrogen-bond donors (Lipinski definition) is 0. The van der Waals surface area contributed by atoms with Gasteiger partial charge in [0.1, 0.15) is 17.3 Å². The van der Waals surface area contributed by atoms with E-state index in [-0.39, 0.29) is 32.6 Å². The molecule has 10 aromatic rings. The van der Waals surface area contributed by atoms with Crippen LogP contribution in [0.3, 0.4) is 0 Å². The Morgan fingerprint density at radius 1 is 0.500 bits per heavy atom. The highest BCUT2D eigenvalue weighted by Crippen LogP contribution is 2.49. The van der Waals surface area contributed by atoms with E-state index in [1.54, 1.807) is 12.3 Å². The van der Waals surface area contributed by atoms with Crippen LogP contribution in [0.4, 0.5) is 22.7 Å². The molecule has 0 radical (unpaired) electrons. The largest absolute Gasteiger partial charge is 0.503 e. The van der Waals surface area contributed by atoms with Gasteiger partial charge in [-0.1, -0.05) is 193 Å². The van der Waals surface area contributed by atoms with Crippen molar-refractivity contribution in [3.63, 3.8) is 0 Å². The minimum absolute atomic E-state index is 0.0320. The summed E-state index contributed by atoms with van der Waals surface area (Å²) in [6.45, 7) is 27.2. The molecule has 2 aliphatic rings. The minimum Gasteiger partial charge on any atom is -0.457 e. The van der Waals surface area contributed by atoms with Crippen LogP contribution in [0.2, 0.25) is 0 Å². The number of rotatable bonds is 8. The molecule has 0 amide bonds. The lowest BCUT2D eigenvalue weighted by Gasteiger charge is -2.42. The van der Waals surface area contributed by atoms with Crippen LogP contribution in [0, 0.1) is 6.85 Å². The summed E-state index contributed by atoms with van der Waals surface area (Å²) in [5, 5.41) is 2.05. The number of pyridine rings is 1. The summed E-state index contributed by atoms with van der Waals surface area (Å²) in [7, 11) is 0. The van der Waals surface area contributed by atoms with Crippen molar-refractivity contribution >= 4 is 50.6 Å². The first kappa shape index (κ1) is 49.0. The second kappa shape index (κ2) is 19.0. The Morgan fingerprint density at radius 2 is 1.10 bits per heavy atom. The third kappa shape index (κ3) is 9.40. The number of aromatic nitrogens is 2. The summed E-state index contributed by atoms with van der Waals surface area (Å²) < 4.78 is 40.4. The lowest BCUT2D eigenvalue weighted by molar-refractivity contribution is 0.332. The van der Waals surface area contributed by atoms with Crippen LogP contribution in [0.5, 0.6) is 11.5 Å². The third-order valence-electron chi connectivity index (χ3n) is 17.1. The van der Waals surface area contributed by atoms with Crippen LogP contribution in [0.15, 0.2) is 182 Å². The maximum absolute atomic E-state index is 9.00. The second-order valence-corrected chi connectivity index (χ2v) is 26.8. The molecule has 2 aromatic heterocycles. The predicted molar refractivity (Wildman–Crippen MR) is 338 cm³/mol. The van der Waals surface area contributed by atoms with Gasteiger partial charge in [-0.25, -0.2) is 4.98 Å². The number of aryl methyl sites for hydroxylation is 1. The van der Waals surface area contributed by atoms with Crippen LogP contribution >= 0.6 is 0 Å². The fraction of sp³-hybridized carbons (Fsp3) is 0.280. The number of benzene rings is 8. The number of hydrogen-bond acceptors (Lipinski definition) is 2. The minimum atomic E-state index is -2.42. The molecular weight excluding hydrogens is 973 g/mol. The van der Waals surface area contributed by atoms with Gasteiger partial charge in [-0.2, -0.15) is 0 Å². The van der Waals surface area contributed by atoms with Gasteiger partial charge in [0.25, 0.3) is 11.4 Å². The highest BCUT2D eigenvalue weighted by Gasteiger charge is 2.40. The molecule has 0 fully saturated rings. The molecular formula is C75H76N4O+2. The van der Waals surface area contributed by atoms with E-state index in [4.69, 9.17) is 13.8 Å². The molecule has 0 atom stereocenters. The SMILES string of the molecule is [2H]C([2H])([2H])c1cc(-n2c3cc(Oc4cccc([N+]5=C=[N+](c6c(-c7ccccc7)cccc6-c6cc(C(C)(C)C)cc(C(C)(C)C)c6)c6ccccc65)c4)ccc3c3ccc(C(C)(C)C)cc32)ncc1-c1ccc2c(c1)C(C)(C)CCC2(C)C. The first-order valence-corrected chi connectivity index (χ1v) is 28.5. The molecule has 8 aromatic carbocycles. The Bertz CT molecular complexity index is 4290. The topological polar surface area (TPSA) is 33.1 Å². The van der Waals surface area contributed by atoms with Crippen LogP contribution in [0.1, 0.15) is 140 Å². The van der Waals surface area contributed by atoms with Gasteiger partial charge in [0.05, 0.1) is 28.2 Å². The molecule has 12 rings (SSSR count). The molecule has 0 bridgehead atoms. The van der Waals surface area contributed by atoms with E-state index in [1.807, 2.05) is 18.2 Å². The van der Waals surface area contributed by atoms with E-state index >= 15 is 0 Å². The zero-order valence-electron chi connectivity index (χ0n) is 51.9. The number of fused-ring (bicyclic) bond motifs is 5. The summed E-state index contributed by atoms with van der Waals surface area (Å²) in [5.74, 6) is 1.81. The zero-order chi connectivity index (χ0) is 58.8. The van der Waals surface area contributed by atoms with Gasteiger partial charge in [-0.05, 0) is 148 Å². The first-order chi connectivity index (χ1) is 39.1. The van der Waals surface area contributed by atoms with Crippen molar-refractivity contribution in [3.05, 3.63) is 216 Å². The molecule has 0 unspecified atom stereocenters. The molecule has 0 saturated carbocycles. The number of para-hydroxylation sites is 3. The second-order valence-electron chi connectivity index (χ2n) is 26.8. The molecule has 3 heterocycles. The van der Waals surface area contributed by atoms with Gasteiger partial charge in [-0.15, -0.1) is 0 Å². The van der Waals surface area contributed by atoms with Crippen molar-refractivity contribution in [1.82, 2.24) is 18.7 Å². The van der Waals surface area contributed by atoms with E-state index < -0.39 is 6.85 Å². The monoisotopic (exact) mass is 1050 g/mol. The highest BCUT2D eigenvalue weighted by molar-refractivity contribution is 6.10. The number of nitrogens with zero attached hydrogens (tertiary/aromatic N) is 4. The Balaban J connectivity index is 0.989. The molecule has 0 spiro atoms. The Kier molecular flexibility index (Phi) is 11.6. The Hall–Kier alpha value is -8.11. The summed E-state index contributed by atoms with van der Waals surface area (Å²) in [6, 6.07) is 66.2. The molecule has 1 aliphatic heterocycles. The van der Waals surface area contributed by atoms with Crippen LogP contribution in [0.25, 0.3) is 61.0 Å². The van der Waals surface area contributed by atoms with Crippen molar-refractivity contribution in [2.24, 2.45) is 0 Å². The predicted octanol–water partition coefficient (Wildman–Crippen LogP) is 20.4. The average molecular weight is 1050 g/mol. The summed E-state index contributed by atoms with van der Waals surface area (Å²) in [4.78, 5) is 5.18. The molecule has 1 aliphatic carbocycles. The highest BCUT2D eigenvalue weighted by atomic mass is 16.5. The van der Waals surface area contributed by atoms with Crippen molar-refractivity contribution in [1.29, 1.82) is 0 Å². The van der Waals surface area contributed by atoms with Gasteiger partial charge in [0.2, 0.25) is 11.4 Å². The maximum atomic E-state index is 9.00. The van der Waals surface area contributed by atoms with Crippen molar-refractivity contribution in [2.75, 3.05) is 0 Å².